The first-order valence-corrected chi connectivity index (χ1v) is 5.88. The van der Waals surface area contributed by atoms with Gasteiger partial charge in [-0.1, -0.05) is 18.2 Å². The third kappa shape index (κ3) is 1.68. The minimum absolute atomic E-state index is 0.0103. The molecule has 1 aromatic carbocycles. The van der Waals surface area contributed by atoms with Crippen molar-refractivity contribution in [2.24, 2.45) is 5.92 Å². The maximum absolute atomic E-state index is 10.9. The Morgan fingerprint density at radius 1 is 1.33 bits per heavy atom. The zero-order chi connectivity index (χ0) is 12.7. The molecule has 0 spiro atoms. The van der Waals surface area contributed by atoms with Gasteiger partial charge in [0, 0.05) is 11.6 Å². The van der Waals surface area contributed by atoms with Crippen LogP contribution in [0.15, 0.2) is 30.3 Å². The SMILES string of the molecule is Cc1nnc(C2CC2C(=O)O)n1-c1ccccc1. The molecule has 2 aromatic rings. The zero-order valence-electron chi connectivity index (χ0n) is 9.95. The number of aromatic nitrogens is 3. The van der Waals surface area contributed by atoms with Crippen LogP contribution in [0.3, 0.4) is 0 Å². The van der Waals surface area contributed by atoms with E-state index in [4.69, 9.17) is 5.11 Å². The molecular weight excluding hydrogens is 230 g/mol. The summed E-state index contributed by atoms with van der Waals surface area (Å²) in [5.41, 5.74) is 0.978. The molecule has 1 saturated carbocycles. The van der Waals surface area contributed by atoms with E-state index < -0.39 is 5.97 Å². The van der Waals surface area contributed by atoms with Gasteiger partial charge < -0.3 is 5.11 Å². The topological polar surface area (TPSA) is 68.0 Å². The molecule has 18 heavy (non-hydrogen) atoms. The van der Waals surface area contributed by atoms with E-state index in [2.05, 4.69) is 10.2 Å². The predicted octanol–water partition coefficient (Wildman–Crippen LogP) is 1.76. The number of carboxylic acids is 1. The molecule has 0 bridgehead atoms. The lowest BCUT2D eigenvalue weighted by molar-refractivity contribution is -0.138. The minimum Gasteiger partial charge on any atom is -0.481 e. The summed E-state index contributed by atoms with van der Waals surface area (Å²) in [6.45, 7) is 1.88. The quantitative estimate of drug-likeness (QED) is 0.892. The van der Waals surface area contributed by atoms with Gasteiger partial charge in [-0.2, -0.15) is 0 Å². The molecule has 0 amide bonds. The first-order valence-electron chi connectivity index (χ1n) is 5.88. The number of hydrogen-bond donors (Lipinski definition) is 1. The highest BCUT2D eigenvalue weighted by Gasteiger charge is 2.47. The number of benzene rings is 1. The molecule has 1 aliphatic carbocycles. The molecule has 5 heteroatoms. The molecule has 1 aliphatic rings. The van der Waals surface area contributed by atoms with Crippen molar-refractivity contribution in [3.8, 4) is 5.69 Å². The largest absolute Gasteiger partial charge is 0.481 e. The van der Waals surface area contributed by atoms with Crippen molar-refractivity contribution >= 4 is 5.97 Å². The fourth-order valence-electron chi connectivity index (χ4n) is 2.27. The van der Waals surface area contributed by atoms with Crippen molar-refractivity contribution in [2.45, 2.75) is 19.3 Å². The lowest BCUT2D eigenvalue weighted by Gasteiger charge is -2.07. The van der Waals surface area contributed by atoms with Gasteiger partial charge in [-0.25, -0.2) is 0 Å². The second kappa shape index (κ2) is 3.94. The van der Waals surface area contributed by atoms with E-state index in [0.717, 1.165) is 17.3 Å². The van der Waals surface area contributed by atoms with E-state index in [1.54, 1.807) is 0 Å². The Labute approximate surface area is 104 Å². The van der Waals surface area contributed by atoms with E-state index in [1.807, 2.05) is 41.8 Å². The predicted molar refractivity (Wildman–Crippen MR) is 64.6 cm³/mol. The highest BCUT2D eigenvalue weighted by Crippen LogP contribution is 2.47. The fraction of sp³-hybridized carbons (Fsp3) is 0.308. The van der Waals surface area contributed by atoms with Gasteiger partial charge in [-0.3, -0.25) is 9.36 Å². The van der Waals surface area contributed by atoms with Crippen molar-refractivity contribution < 1.29 is 9.90 Å². The van der Waals surface area contributed by atoms with Crippen molar-refractivity contribution in [3.05, 3.63) is 42.0 Å². The molecule has 3 rings (SSSR count). The number of carbonyl (C=O) groups is 1. The molecule has 92 valence electrons. The third-order valence-corrected chi connectivity index (χ3v) is 3.30. The normalized spacial score (nSPS) is 21.8. The van der Waals surface area contributed by atoms with Crippen molar-refractivity contribution in [3.63, 3.8) is 0 Å². The van der Waals surface area contributed by atoms with Crippen LogP contribution in [0.1, 0.15) is 24.0 Å². The molecule has 1 fully saturated rings. The summed E-state index contributed by atoms with van der Waals surface area (Å²) in [6, 6.07) is 9.77. The van der Waals surface area contributed by atoms with Crippen molar-refractivity contribution in [1.29, 1.82) is 0 Å². The Hall–Kier alpha value is -2.17. The highest BCUT2D eigenvalue weighted by molar-refractivity contribution is 5.74. The number of aliphatic carboxylic acids is 1. The summed E-state index contributed by atoms with van der Waals surface area (Å²) in [6.07, 6.45) is 0.653. The first kappa shape index (κ1) is 11.0. The Morgan fingerprint density at radius 3 is 2.67 bits per heavy atom. The molecule has 2 atom stereocenters. The standard InChI is InChI=1S/C13H13N3O2/c1-8-14-15-12(10-7-11(10)13(17)18)16(8)9-5-3-2-4-6-9/h2-6,10-11H,7H2,1H3,(H,17,18). The Kier molecular flexibility index (Phi) is 2.40. The monoisotopic (exact) mass is 243 g/mol. The van der Waals surface area contributed by atoms with Gasteiger partial charge in [-0.05, 0) is 25.5 Å². The maximum Gasteiger partial charge on any atom is 0.307 e. The van der Waals surface area contributed by atoms with Gasteiger partial charge in [0.2, 0.25) is 0 Å². The van der Waals surface area contributed by atoms with E-state index in [9.17, 15) is 4.79 Å². The van der Waals surface area contributed by atoms with E-state index in [0.29, 0.717) is 6.42 Å². The van der Waals surface area contributed by atoms with Crippen LogP contribution >= 0.6 is 0 Å². The summed E-state index contributed by atoms with van der Waals surface area (Å²) >= 11 is 0. The summed E-state index contributed by atoms with van der Waals surface area (Å²) in [5.74, 6) is 0.471. The molecule has 0 aliphatic heterocycles. The number of hydrogen-bond acceptors (Lipinski definition) is 3. The summed E-state index contributed by atoms with van der Waals surface area (Å²) in [7, 11) is 0. The van der Waals surface area contributed by atoms with Gasteiger partial charge in [0.25, 0.3) is 0 Å². The second-order valence-electron chi connectivity index (χ2n) is 4.56. The van der Waals surface area contributed by atoms with E-state index in [-0.39, 0.29) is 11.8 Å². The zero-order valence-corrected chi connectivity index (χ0v) is 9.95. The number of para-hydroxylation sites is 1. The van der Waals surface area contributed by atoms with Gasteiger partial charge in [0.1, 0.15) is 11.6 Å². The first-order chi connectivity index (χ1) is 8.68. The summed E-state index contributed by atoms with van der Waals surface area (Å²) in [5, 5.41) is 17.2. The van der Waals surface area contributed by atoms with Crippen LogP contribution in [0.4, 0.5) is 0 Å². The number of carboxylic acid groups (broad SMARTS) is 1. The van der Waals surface area contributed by atoms with Crippen LogP contribution in [0.25, 0.3) is 5.69 Å². The maximum atomic E-state index is 10.9. The molecule has 1 heterocycles. The number of nitrogens with zero attached hydrogens (tertiary/aromatic N) is 3. The molecule has 0 saturated heterocycles. The minimum atomic E-state index is -0.750. The van der Waals surface area contributed by atoms with Crippen molar-refractivity contribution in [2.75, 3.05) is 0 Å². The average molecular weight is 243 g/mol. The highest BCUT2D eigenvalue weighted by atomic mass is 16.4. The average Bonchev–Trinajstić information content (AvgIpc) is 3.08. The molecule has 1 N–H and O–H groups in total. The van der Waals surface area contributed by atoms with Crippen LogP contribution in [-0.4, -0.2) is 25.8 Å². The Morgan fingerprint density at radius 2 is 2.06 bits per heavy atom. The number of aryl methyl sites for hydroxylation is 1. The molecule has 1 aromatic heterocycles. The van der Waals surface area contributed by atoms with Gasteiger partial charge in [0.05, 0.1) is 5.92 Å². The molecule has 0 radical (unpaired) electrons. The fourth-order valence-corrected chi connectivity index (χ4v) is 2.27. The molecule has 5 nitrogen and oxygen atoms in total. The van der Waals surface area contributed by atoms with Gasteiger partial charge in [-0.15, -0.1) is 10.2 Å². The molecular formula is C13H13N3O2. The summed E-state index contributed by atoms with van der Waals surface area (Å²) < 4.78 is 1.94. The number of rotatable bonds is 3. The van der Waals surface area contributed by atoms with E-state index in [1.165, 1.54) is 0 Å². The lowest BCUT2D eigenvalue weighted by Crippen LogP contribution is -2.05. The Balaban J connectivity index is 2.01. The van der Waals surface area contributed by atoms with Crippen LogP contribution in [0, 0.1) is 12.8 Å². The van der Waals surface area contributed by atoms with Crippen LogP contribution in [0.2, 0.25) is 0 Å². The van der Waals surface area contributed by atoms with Crippen LogP contribution in [-0.2, 0) is 4.79 Å². The molecule has 2 unspecified atom stereocenters. The van der Waals surface area contributed by atoms with Gasteiger partial charge in [0.15, 0.2) is 0 Å². The Bertz CT molecular complexity index is 592. The lowest BCUT2D eigenvalue weighted by atomic mass is 10.2. The van der Waals surface area contributed by atoms with E-state index >= 15 is 0 Å². The van der Waals surface area contributed by atoms with Crippen molar-refractivity contribution in [1.82, 2.24) is 14.8 Å². The van der Waals surface area contributed by atoms with Crippen LogP contribution < -0.4 is 0 Å². The smallest absolute Gasteiger partial charge is 0.307 e. The summed E-state index contributed by atoms with van der Waals surface area (Å²) in [4.78, 5) is 10.9. The second-order valence-corrected chi connectivity index (χ2v) is 4.56. The van der Waals surface area contributed by atoms with Crippen LogP contribution in [0.5, 0.6) is 0 Å². The van der Waals surface area contributed by atoms with Gasteiger partial charge >= 0.3 is 5.97 Å². The third-order valence-electron chi connectivity index (χ3n) is 3.30.